The number of nitriles is 1. The molecule has 1 unspecified atom stereocenters. The van der Waals surface area contributed by atoms with Gasteiger partial charge in [-0.2, -0.15) is 5.26 Å². The molecular weight excluding hydrogens is 478 g/mol. The summed E-state index contributed by atoms with van der Waals surface area (Å²) in [6.07, 6.45) is 3.20. The fraction of sp³-hybridized carbons (Fsp3) is 0.440. The monoisotopic (exact) mass is 505 g/mol. The lowest BCUT2D eigenvalue weighted by Crippen LogP contribution is -2.44. The molecule has 2 aromatic heterocycles. The van der Waals surface area contributed by atoms with Crippen LogP contribution in [0.25, 0.3) is 16.5 Å². The quantitative estimate of drug-likeness (QED) is 0.395. The molecule has 5 heterocycles. The molecule has 11 heteroatoms. The molecule has 36 heavy (non-hydrogen) atoms. The van der Waals surface area contributed by atoms with Crippen molar-refractivity contribution >= 4 is 28.1 Å². The number of benzene rings is 1. The third kappa shape index (κ3) is 3.64. The fourth-order valence-corrected chi connectivity index (χ4v) is 6.06. The van der Waals surface area contributed by atoms with E-state index < -0.39 is 0 Å². The van der Waals surface area contributed by atoms with Crippen LogP contribution in [-0.2, 0) is 4.74 Å². The van der Waals surface area contributed by atoms with E-state index in [0.717, 1.165) is 52.2 Å². The molecule has 186 valence electrons. The molecule has 1 aromatic carbocycles. The number of ether oxygens (including phenoxy) is 1. The Morgan fingerprint density at radius 2 is 2.06 bits per heavy atom. The average molecular weight is 506 g/mol. The van der Waals surface area contributed by atoms with Gasteiger partial charge in [0.05, 0.1) is 37.2 Å². The van der Waals surface area contributed by atoms with Gasteiger partial charge in [0.2, 0.25) is 5.88 Å². The highest BCUT2D eigenvalue weighted by molar-refractivity contribution is 7.80. The minimum absolute atomic E-state index is 0.0599. The van der Waals surface area contributed by atoms with Crippen molar-refractivity contribution in [3.8, 4) is 17.6 Å². The van der Waals surface area contributed by atoms with E-state index >= 15 is 0 Å². The Kier molecular flexibility index (Phi) is 5.87. The predicted molar refractivity (Wildman–Crippen MR) is 137 cm³/mol. The standard InChI is InChI=1S/C25H27N7O3S/c26-13-19-17-4-1-2-5-18(17)21(14-28-19)32-23(33)22-20-12-16(31(22)25(32)34)15-30(20)24(36)27-6-3-7-29-8-10-35-11-9-29/h1-2,4-5,14,16,20,33H,3,6-12,15H2,(H,27,36)/t16-,20?/m1/s1. The molecule has 3 aliphatic rings. The molecular formula is C25H27N7O3S. The molecule has 2 bridgehead atoms. The molecule has 2 N–H and O–H groups in total. The van der Waals surface area contributed by atoms with Gasteiger partial charge >= 0.3 is 5.69 Å². The van der Waals surface area contributed by atoms with Crippen molar-refractivity contribution < 1.29 is 9.84 Å². The number of hydrogen-bond donors (Lipinski definition) is 2. The van der Waals surface area contributed by atoms with Crippen LogP contribution < -0.4 is 11.0 Å². The largest absolute Gasteiger partial charge is 0.493 e. The lowest BCUT2D eigenvalue weighted by atomic mass is 10.1. The second-order valence-electron chi connectivity index (χ2n) is 9.44. The van der Waals surface area contributed by atoms with Gasteiger partial charge in [-0.15, -0.1) is 0 Å². The summed E-state index contributed by atoms with van der Waals surface area (Å²) in [5, 5.41) is 26.1. The molecule has 3 aliphatic heterocycles. The number of nitrogens with one attached hydrogen (secondary N) is 1. The van der Waals surface area contributed by atoms with Crippen molar-refractivity contribution in [2.45, 2.75) is 24.9 Å². The summed E-state index contributed by atoms with van der Waals surface area (Å²) < 4.78 is 8.41. The van der Waals surface area contributed by atoms with Gasteiger partial charge in [-0.1, -0.05) is 24.3 Å². The Morgan fingerprint density at radius 1 is 1.28 bits per heavy atom. The maximum absolute atomic E-state index is 13.5. The number of fused-ring (bicyclic) bond motifs is 6. The number of morpholine rings is 1. The summed E-state index contributed by atoms with van der Waals surface area (Å²) >= 11 is 5.71. The molecule has 0 aliphatic carbocycles. The minimum Gasteiger partial charge on any atom is -0.493 e. The topological polar surface area (TPSA) is 112 Å². The maximum Gasteiger partial charge on any atom is 0.336 e. The lowest BCUT2D eigenvalue weighted by molar-refractivity contribution is 0.0375. The van der Waals surface area contributed by atoms with Gasteiger partial charge in [0, 0.05) is 37.0 Å². The van der Waals surface area contributed by atoms with Crippen LogP contribution in [0, 0.1) is 11.3 Å². The lowest BCUT2D eigenvalue weighted by Gasteiger charge is -2.30. The molecule has 2 atom stereocenters. The van der Waals surface area contributed by atoms with Crippen LogP contribution in [-0.4, -0.2) is 80.1 Å². The van der Waals surface area contributed by atoms with Crippen molar-refractivity contribution in [3.05, 3.63) is 52.3 Å². The van der Waals surface area contributed by atoms with Crippen LogP contribution in [0.3, 0.4) is 0 Å². The number of aromatic hydroxyl groups is 1. The van der Waals surface area contributed by atoms with E-state index in [1.165, 1.54) is 10.8 Å². The van der Waals surface area contributed by atoms with Crippen molar-refractivity contribution in [2.24, 2.45) is 0 Å². The number of likely N-dealkylation sites (tertiary alicyclic amines) is 1. The van der Waals surface area contributed by atoms with Gasteiger partial charge in [0.25, 0.3) is 0 Å². The second-order valence-corrected chi connectivity index (χ2v) is 9.83. The first-order chi connectivity index (χ1) is 17.6. The van der Waals surface area contributed by atoms with Gasteiger partial charge in [0.1, 0.15) is 17.5 Å². The number of imidazole rings is 1. The molecule has 3 aromatic rings. The normalized spacial score (nSPS) is 21.0. The molecule has 2 saturated heterocycles. The summed E-state index contributed by atoms with van der Waals surface area (Å²) in [7, 11) is 0. The number of pyridine rings is 1. The van der Waals surface area contributed by atoms with Crippen LogP contribution >= 0.6 is 12.2 Å². The van der Waals surface area contributed by atoms with Crippen LogP contribution in [0.15, 0.2) is 35.3 Å². The van der Waals surface area contributed by atoms with E-state index in [2.05, 4.69) is 26.2 Å². The minimum atomic E-state index is -0.296. The molecule has 0 radical (unpaired) electrons. The zero-order chi connectivity index (χ0) is 24.8. The summed E-state index contributed by atoms with van der Waals surface area (Å²) in [4.78, 5) is 22.2. The van der Waals surface area contributed by atoms with Gasteiger partial charge in [-0.3, -0.25) is 9.47 Å². The summed E-state index contributed by atoms with van der Waals surface area (Å²) in [6.45, 7) is 5.93. The van der Waals surface area contributed by atoms with Crippen LogP contribution in [0.5, 0.6) is 5.88 Å². The first kappa shape index (κ1) is 23.0. The Hall–Kier alpha value is -3.46. The fourth-order valence-electron chi connectivity index (χ4n) is 5.76. The van der Waals surface area contributed by atoms with Crippen molar-refractivity contribution in [3.63, 3.8) is 0 Å². The van der Waals surface area contributed by atoms with E-state index in [9.17, 15) is 15.2 Å². The summed E-state index contributed by atoms with van der Waals surface area (Å²) in [5.41, 5.74) is 1.03. The van der Waals surface area contributed by atoms with E-state index in [1.807, 2.05) is 18.2 Å². The van der Waals surface area contributed by atoms with Crippen molar-refractivity contribution in [2.75, 3.05) is 45.9 Å². The van der Waals surface area contributed by atoms with E-state index in [0.29, 0.717) is 33.8 Å². The first-order valence-corrected chi connectivity index (χ1v) is 12.7. The Morgan fingerprint density at radius 3 is 2.83 bits per heavy atom. The van der Waals surface area contributed by atoms with Gasteiger partial charge in [0.15, 0.2) is 5.11 Å². The van der Waals surface area contributed by atoms with Crippen molar-refractivity contribution in [1.82, 2.24) is 29.2 Å². The van der Waals surface area contributed by atoms with Gasteiger partial charge in [-0.05, 0) is 31.6 Å². The van der Waals surface area contributed by atoms with Gasteiger partial charge in [-0.25, -0.2) is 14.3 Å². The molecule has 2 fully saturated rings. The van der Waals surface area contributed by atoms with Crippen LogP contribution in [0.1, 0.15) is 36.3 Å². The second kappa shape index (κ2) is 9.20. The summed E-state index contributed by atoms with van der Waals surface area (Å²) in [5.74, 6) is -0.0935. The number of hydrogen-bond acceptors (Lipinski definition) is 7. The highest BCUT2D eigenvalue weighted by atomic mass is 32.1. The average Bonchev–Trinajstić information content (AvgIpc) is 3.58. The van der Waals surface area contributed by atoms with E-state index in [4.69, 9.17) is 17.0 Å². The van der Waals surface area contributed by atoms with Crippen LogP contribution in [0.2, 0.25) is 0 Å². The number of thiocarbonyl (C=S) groups is 1. The number of aromatic nitrogens is 3. The molecule has 0 amide bonds. The highest BCUT2D eigenvalue weighted by Gasteiger charge is 2.48. The molecule has 6 rings (SSSR count). The Balaban J connectivity index is 1.23. The molecule has 0 saturated carbocycles. The van der Waals surface area contributed by atoms with Crippen LogP contribution in [0.4, 0.5) is 0 Å². The number of rotatable bonds is 5. The maximum atomic E-state index is 13.5. The smallest absolute Gasteiger partial charge is 0.336 e. The highest BCUT2D eigenvalue weighted by Crippen LogP contribution is 2.48. The molecule has 10 nitrogen and oxygen atoms in total. The van der Waals surface area contributed by atoms with Crippen molar-refractivity contribution in [1.29, 1.82) is 5.26 Å². The third-order valence-electron chi connectivity index (χ3n) is 7.47. The predicted octanol–water partition coefficient (Wildman–Crippen LogP) is 1.66. The zero-order valence-corrected chi connectivity index (χ0v) is 20.6. The third-order valence-corrected chi connectivity index (χ3v) is 7.85. The first-order valence-electron chi connectivity index (χ1n) is 12.3. The SMILES string of the molecule is N#Cc1ncc(-n2c(O)c3n(c2=O)[C@@H]2CC3N(C(=S)NCCCN3CCOCC3)C2)c2ccccc12. The van der Waals surface area contributed by atoms with E-state index in [1.54, 1.807) is 10.6 Å². The van der Waals surface area contributed by atoms with E-state index in [-0.39, 0.29) is 29.3 Å². The number of nitrogens with zero attached hydrogens (tertiary/aromatic N) is 6. The summed E-state index contributed by atoms with van der Waals surface area (Å²) in [6, 6.07) is 9.16. The van der Waals surface area contributed by atoms with Gasteiger partial charge < -0.3 is 20.1 Å². The Labute approximate surface area is 213 Å². The zero-order valence-electron chi connectivity index (χ0n) is 19.8. The molecule has 0 spiro atoms. The Bertz CT molecular complexity index is 1440.